The Kier molecular flexibility index (Phi) is 8.48. The average Bonchev–Trinajstić information content (AvgIpc) is 3.14. The molecule has 0 spiro atoms. The number of aromatic nitrogens is 1. The second-order valence-corrected chi connectivity index (χ2v) is 7.91. The van der Waals surface area contributed by atoms with Crippen LogP contribution in [0.1, 0.15) is 56.6 Å². The predicted octanol–water partition coefficient (Wildman–Crippen LogP) is 6.07. The third kappa shape index (κ3) is 6.33. The quantitative estimate of drug-likeness (QED) is 0.235. The van der Waals surface area contributed by atoms with E-state index in [2.05, 4.69) is 41.1 Å². The highest BCUT2D eigenvalue weighted by Crippen LogP contribution is 2.24. The van der Waals surface area contributed by atoms with Crippen molar-refractivity contribution in [2.45, 2.75) is 52.0 Å². The summed E-state index contributed by atoms with van der Waals surface area (Å²) in [5.41, 5.74) is 3.32. The molecule has 1 amide bonds. The molecule has 0 fully saturated rings. The van der Waals surface area contributed by atoms with Crippen LogP contribution in [-0.2, 0) is 11.3 Å². The van der Waals surface area contributed by atoms with Crippen molar-refractivity contribution in [1.82, 2.24) is 9.88 Å². The molecule has 0 atom stereocenters. The van der Waals surface area contributed by atoms with E-state index in [0.29, 0.717) is 6.54 Å². The van der Waals surface area contributed by atoms with E-state index < -0.39 is 0 Å². The van der Waals surface area contributed by atoms with E-state index in [1.165, 1.54) is 31.2 Å². The first-order valence-corrected chi connectivity index (χ1v) is 11.2. The van der Waals surface area contributed by atoms with Gasteiger partial charge in [-0.15, -0.1) is 0 Å². The monoisotopic (exact) mass is 413 g/mol. The Balaban J connectivity index is 1.71. The molecule has 1 N–H and O–H groups in total. The molecular formula is C27H31N3O. The van der Waals surface area contributed by atoms with Gasteiger partial charge < -0.3 is 9.88 Å². The molecule has 0 aliphatic heterocycles. The van der Waals surface area contributed by atoms with Crippen LogP contribution in [0.5, 0.6) is 0 Å². The maximum Gasteiger partial charge on any atom is 0.261 e. The number of rotatable bonds is 11. The Morgan fingerprint density at radius 3 is 2.48 bits per heavy atom. The fraction of sp³-hybridized carbons (Fsp3) is 0.333. The smallest absolute Gasteiger partial charge is 0.261 e. The van der Waals surface area contributed by atoms with Crippen molar-refractivity contribution in [3.8, 4) is 6.07 Å². The molecule has 0 saturated heterocycles. The molecule has 1 heterocycles. The number of nitrogens with one attached hydrogen (secondary N) is 1. The number of carbonyl (C=O) groups excluding carboxylic acids is 1. The number of nitriles is 1. The van der Waals surface area contributed by atoms with Gasteiger partial charge in [0.25, 0.3) is 5.91 Å². The van der Waals surface area contributed by atoms with Gasteiger partial charge in [0.15, 0.2) is 0 Å². The molecule has 0 saturated carbocycles. The van der Waals surface area contributed by atoms with Gasteiger partial charge in [-0.05, 0) is 24.1 Å². The van der Waals surface area contributed by atoms with Crippen LogP contribution in [0.25, 0.3) is 17.0 Å². The molecule has 3 aromatic rings. The average molecular weight is 414 g/mol. The second-order valence-electron chi connectivity index (χ2n) is 7.91. The van der Waals surface area contributed by atoms with E-state index in [1.807, 2.05) is 42.6 Å². The topological polar surface area (TPSA) is 57.8 Å². The van der Waals surface area contributed by atoms with Gasteiger partial charge in [0, 0.05) is 35.8 Å². The highest BCUT2D eigenvalue weighted by molar-refractivity contribution is 6.04. The van der Waals surface area contributed by atoms with Crippen LogP contribution in [-0.4, -0.2) is 17.0 Å². The van der Waals surface area contributed by atoms with Crippen molar-refractivity contribution >= 4 is 22.9 Å². The van der Waals surface area contributed by atoms with Crippen molar-refractivity contribution in [3.63, 3.8) is 0 Å². The molecule has 0 aliphatic carbocycles. The number of unbranched alkanes of at least 4 members (excludes halogenated alkanes) is 5. The molecule has 0 unspecified atom stereocenters. The minimum Gasteiger partial charge on any atom is -0.351 e. The van der Waals surface area contributed by atoms with Gasteiger partial charge in [-0.25, -0.2) is 0 Å². The summed E-state index contributed by atoms with van der Waals surface area (Å²) < 4.78 is 2.17. The molecule has 2 aromatic carbocycles. The number of fused-ring (bicyclic) bond motifs is 1. The second kappa shape index (κ2) is 11.8. The highest BCUT2D eigenvalue weighted by atomic mass is 16.1. The molecular weight excluding hydrogens is 382 g/mol. The predicted molar refractivity (Wildman–Crippen MR) is 127 cm³/mol. The number of hydrogen-bond acceptors (Lipinski definition) is 2. The van der Waals surface area contributed by atoms with Crippen LogP contribution in [0.2, 0.25) is 0 Å². The zero-order valence-electron chi connectivity index (χ0n) is 18.3. The van der Waals surface area contributed by atoms with Crippen LogP contribution in [0.3, 0.4) is 0 Å². The Morgan fingerprint density at radius 1 is 1.00 bits per heavy atom. The highest BCUT2D eigenvalue weighted by Gasteiger charge is 2.12. The first-order valence-electron chi connectivity index (χ1n) is 11.2. The molecule has 31 heavy (non-hydrogen) atoms. The van der Waals surface area contributed by atoms with E-state index >= 15 is 0 Å². The summed E-state index contributed by atoms with van der Waals surface area (Å²) in [6.07, 6.45) is 10.7. The van der Waals surface area contributed by atoms with Crippen molar-refractivity contribution in [3.05, 3.63) is 77.5 Å². The normalized spacial score (nSPS) is 11.4. The lowest BCUT2D eigenvalue weighted by molar-refractivity contribution is -0.117. The van der Waals surface area contributed by atoms with E-state index in [0.717, 1.165) is 35.9 Å². The van der Waals surface area contributed by atoms with Crippen molar-refractivity contribution in [2.24, 2.45) is 0 Å². The fourth-order valence-corrected chi connectivity index (χ4v) is 3.81. The minimum absolute atomic E-state index is 0.147. The van der Waals surface area contributed by atoms with Gasteiger partial charge in [0.1, 0.15) is 11.6 Å². The maximum atomic E-state index is 12.5. The largest absolute Gasteiger partial charge is 0.351 e. The van der Waals surface area contributed by atoms with E-state index in [1.54, 1.807) is 6.08 Å². The molecule has 0 radical (unpaired) electrons. The van der Waals surface area contributed by atoms with Gasteiger partial charge >= 0.3 is 0 Å². The lowest BCUT2D eigenvalue weighted by Gasteiger charge is -2.05. The van der Waals surface area contributed by atoms with Crippen LogP contribution >= 0.6 is 0 Å². The van der Waals surface area contributed by atoms with Crippen molar-refractivity contribution < 1.29 is 4.79 Å². The Labute approximate surface area is 185 Å². The number of para-hydroxylation sites is 1. The number of hydrogen-bond donors (Lipinski definition) is 1. The molecule has 0 aliphatic rings. The summed E-state index contributed by atoms with van der Waals surface area (Å²) >= 11 is 0. The van der Waals surface area contributed by atoms with Gasteiger partial charge in [-0.1, -0.05) is 87.6 Å². The summed E-state index contributed by atoms with van der Waals surface area (Å²) in [7, 11) is 0. The van der Waals surface area contributed by atoms with Gasteiger partial charge in [-0.2, -0.15) is 5.26 Å². The van der Waals surface area contributed by atoms with E-state index in [-0.39, 0.29) is 11.5 Å². The number of nitrogens with zero attached hydrogens (tertiary/aromatic N) is 2. The van der Waals surface area contributed by atoms with Crippen molar-refractivity contribution in [2.75, 3.05) is 6.54 Å². The molecule has 4 heteroatoms. The third-order valence-electron chi connectivity index (χ3n) is 5.50. The van der Waals surface area contributed by atoms with E-state index in [4.69, 9.17) is 0 Å². The number of benzene rings is 2. The lowest BCUT2D eigenvalue weighted by Crippen LogP contribution is -2.25. The maximum absolute atomic E-state index is 12.5. The van der Waals surface area contributed by atoms with E-state index in [9.17, 15) is 10.1 Å². The molecule has 3 rings (SSSR count). The standard InChI is InChI=1S/C27H31N3O/c1-2-3-4-5-6-12-17-29-27(31)23(19-28)18-24-21-30(20-22-13-8-7-9-14-22)26-16-11-10-15-25(24)26/h7-11,13-16,18,21H,2-6,12,17,20H2,1H3,(H,29,31)/b23-18+. The SMILES string of the molecule is CCCCCCCCNC(=O)/C(C#N)=C/c1cn(Cc2ccccc2)c2ccccc12. The number of amides is 1. The van der Waals surface area contributed by atoms with Crippen LogP contribution in [0.4, 0.5) is 0 Å². The van der Waals surface area contributed by atoms with Gasteiger partial charge in [-0.3, -0.25) is 4.79 Å². The first kappa shape index (κ1) is 22.4. The zero-order valence-corrected chi connectivity index (χ0v) is 18.3. The molecule has 1 aromatic heterocycles. The Morgan fingerprint density at radius 2 is 1.71 bits per heavy atom. The first-order chi connectivity index (χ1) is 15.2. The van der Waals surface area contributed by atoms with Crippen LogP contribution < -0.4 is 5.32 Å². The Hall–Kier alpha value is -3.32. The van der Waals surface area contributed by atoms with Crippen LogP contribution in [0.15, 0.2) is 66.4 Å². The summed E-state index contributed by atoms with van der Waals surface area (Å²) in [6.45, 7) is 3.55. The lowest BCUT2D eigenvalue weighted by atomic mass is 10.1. The van der Waals surface area contributed by atoms with Crippen LogP contribution in [0, 0.1) is 11.3 Å². The summed E-state index contributed by atoms with van der Waals surface area (Å²) in [6, 6.07) is 20.4. The zero-order chi connectivity index (χ0) is 21.9. The summed E-state index contributed by atoms with van der Waals surface area (Å²) in [5.74, 6) is -0.295. The van der Waals surface area contributed by atoms with Crippen molar-refractivity contribution in [1.29, 1.82) is 5.26 Å². The van der Waals surface area contributed by atoms with Gasteiger partial charge in [0.05, 0.1) is 0 Å². The third-order valence-corrected chi connectivity index (χ3v) is 5.50. The summed E-state index contributed by atoms with van der Waals surface area (Å²) in [5, 5.41) is 13.5. The number of carbonyl (C=O) groups is 1. The molecule has 160 valence electrons. The fourth-order valence-electron chi connectivity index (χ4n) is 3.81. The molecule has 4 nitrogen and oxygen atoms in total. The minimum atomic E-state index is -0.295. The van der Waals surface area contributed by atoms with Gasteiger partial charge in [0.2, 0.25) is 0 Å². The summed E-state index contributed by atoms with van der Waals surface area (Å²) in [4.78, 5) is 12.5. The molecule has 0 bridgehead atoms. The Bertz CT molecular complexity index is 1060.